The summed E-state index contributed by atoms with van der Waals surface area (Å²) in [4.78, 5) is 33.9. The van der Waals surface area contributed by atoms with Gasteiger partial charge in [-0.15, -0.1) is 0 Å². The van der Waals surface area contributed by atoms with E-state index in [9.17, 15) is 0 Å². The van der Waals surface area contributed by atoms with Crippen molar-refractivity contribution in [2.24, 2.45) is 43.1 Å². The smallest absolute Gasteiger partial charge is 0.0712 e. The molecule has 6 heteroatoms. The first-order chi connectivity index (χ1) is 37.6. The largest absolute Gasteiger partial charge is 0.282 e. The van der Waals surface area contributed by atoms with Gasteiger partial charge in [-0.25, -0.2) is 0 Å². The maximum atomic E-state index is 6.18. The Morgan fingerprint density at radius 1 is 0.377 bits per heavy atom. The Kier molecular flexibility index (Phi) is 9.96. The van der Waals surface area contributed by atoms with E-state index in [4.69, 9.17) is 29.9 Å². The molecule has 6 nitrogen and oxygen atoms in total. The first-order valence-corrected chi connectivity index (χ1v) is 27.7. The van der Waals surface area contributed by atoms with Crippen molar-refractivity contribution >= 4 is 17.1 Å². The van der Waals surface area contributed by atoms with Gasteiger partial charge in [0.25, 0.3) is 0 Å². The second kappa shape index (κ2) is 16.6. The van der Waals surface area contributed by atoms with Crippen LogP contribution in [0.5, 0.6) is 0 Å². The fourth-order valence-corrected chi connectivity index (χ4v) is 16.7. The minimum atomic E-state index is -0.238. The standard InChI is InChI=1S/C71H60N6/c1-46(59-38-72-62(53-29-17-8-18-30-53)35-56(59)50-23-11-5-12-24-50)75-68-41-66-42-69(66,76-47(2)60-39-73-63(54-31-19-9-20-32-54)36-57(60)51-25-13-6-14-26-51)45-70-49(4)71(70,44-67(68,43-68)65(66)70)77-48(3)61-40-74-64(55-33-21-10-22-34-55)37-58(61)52-27-15-7-16-28-52/h5-40,49,65H,41-45H2,1-4H3. The van der Waals surface area contributed by atoms with Gasteiger partial charge < -0.3 is 0 Å². The van der Waals surface area contributed by atoms with Gasteiger partial charge in [-0.1, -0.05) is 189 Å². The van der Waals surface area contributed by atoms with Gasteiger partial charge in [-0.2, -0.15) is 0 Å². The Morgan fingerprint density at radius 2 is 0.675 bits per heavy atom. The van der Waals surface area contributed by atoms with Crippen LogP contribution in [0.2, 0.25) is 0 Å². The molecule has 6 aromatic carbocycles. The van der Waals surface area contributed by atoms with Crippen molar-refractivity contribution in [3.05, 3.63) is 235 Å². The van der Waals surface area contributed by atoms with Gasteiger partial charge in [0.2, 0.25) is 0 Å². The summed E-state index contributed by atoms with van der Waals surface area (Å²) in [6.45, 7) is 9.29. The minimum absolute atomic E-state index is 0.00798. The summed E-state index contributed by atoms with van der Waals surface area (Å²) in [6.07, 6.45) is 11.6. The number of aromatic nitrogens is 3. The molecule has 6 aliphatic rings. The molecular weight excluding hydrogens is 937 g/mol. The minimum Gasteiger partial charge on any atom is -0.282 e. The summed E-state index contributed by atoms with van der Waals surface area (Å²) in [5, 5.41) is 0. The van der Waals surface area contributed by atoms with Crippen LogP contribution in [0.3, 0.4) is 0 Å². The third-order valence-electron chi connectivity index (χ3n) is 19.9. The molecule has 0 radical (unpaired) electrons. The van der Waals surface area contributed by atoms with E-state index >= 15 is 0 Å². The zero-order chi connectivity index (χ0) is 51.8. The van der Waals surface area contributed by atoms with Crippen molar-refractivity contribution in [3.8, 4) is 67.2 Å². The highest BCUT2D eigenvalue weighted by molar-refractivity contribution is 6.07. The predicted octanol–water partition coefficient (Wildman–Crippen LogP) is 16.2. The van der Waals surface area contributed by atoms with Crippen LogP contribution in [0, 0.1) is 28.1 Å². The Hall–Kier alpha value is -8.22. The van der Waals surface area contributed by atoms with E-state index in [0.29, 0.717) is 11.8 Å². The summed E-state index contributed by atoms with van der Waals surface area (Å²) >= 11 is 0. The molecule has 6 saturated carbocycles. The molecule has 3 spiro atoms. The monoisotopic (exact) mass is 996 g/mol. The summed E-state index contributed by atoms with van der Waals surface area (Å²) < 4.78 is 0. The SMILES string of the molecule is CC(=NC12CC13CC1(N=C(C)c4cnc(-c5ccccc5)cc4-c4ccccc4)CC14CC1(N=C(C)c5cnc(-c6ccccc6)cc5-c5ccccc5)C(C)C1(C2)C34)c1cnc(-c2ccccc2)cc1-c1ccccc1. The molecule has 0 bridgehead atoms. The number of nitrogens with zero attached hydrogens (tertiary/aromatic N) is 6. The normalized spacial score (nSPS) is 29.1. The number of hydrogen-bond acceptors (Lipinski definition) is 6. The fourth-order valence-electron chi connectivity index (χ4n) is 16.7. The van der Waals surface area contributed by atoms with Crippen molar-refractivity contribution < 1.29 is 0 Å². The first-order valence-electron chi connectivity index (χ1n) is 27.7. The summed E-state index contributed by atoms with van der Waals surface area (Å²) in [5.41, 5.74) is 19.2. The van der Waals surface area contributed by atoms with Gasteiger partial charge in [0.05, 0.1) is 33.7 Å². The lowest BCUT2D eigenvalue weighted by Crippen LogP contribution is -2.24. The Balaban J connectivity index is 0.873. The van der Waals surface area contributed by atoms with Crippen molar-refractivity contribution in [2.75, 3.05) is 0 Å². The zero-order valence-corrected chi connectivity index (χ0v) is 44.2. The third-order valence-corrected chi connectivity index (χ3v) is 19.9. The highest BCUT2D eigenvalue weighted by atomic mass is 15.2. The maximum Gasteiger partial charge on any atom is 0.0712 e. The third kappa shape index (κ3) is 6.60. The number of benzene rings is 6. The van der Waals surface area contributed by atoms with Gasteiger partial charge >= 0.3 is 0 Å². The lowest BCUT2D eigenvalue weighted by Gasteiger charge is -2.26. The van der Waals surface area contributed by atoms with E-state index in [-0.39, 0.29) is 32.9 Å². The number of pyridine rings is 3. The molecule has 3 heterocycles. The first kappa shape index (κ1) is 46.1. The van der Waals surface area contributed by atoms with Crippen LogP contribution in [-0.2, 0) is 0 Å². The lowest BCUT2D eigenvalue weighted by molar-refractivity contribution is 0.186. The molecule has 6 aliphatic carbocycles. The number of aliphatic imine (C=N–C) groups is 3. The van der Waals surface area contributed by atoms with Crippen LogP contribution in [0.4, 0.5) is 0 Å². The molecule has 0 aliphatic heterocycles. The lowest BCUT2D eigenvalue weighted by atomic mass is 9.75. The predicted molar refractivity (Wildman–Crippen MR) is 313 cm³/mol. The molecule has 8 unspecified atom stereocenters. The Morgan fingerprint density at radius 3 is 1.03 bits per heavy atom. The molecule has 0 N–H and O–H groups in total. The van der Waals surface area contributed by atoms with Crippen LogP contribution < -0.4 is 0 Å². The van der Waals surface area contributed by atoms with Gasteiger partial charge in [0, 0.05) is 85.4 Å². The molecule has 77 heavy (non-hydrogen) atoms. The molecule has 6 fully saturated rings. The van der Waals surface area contributed by atoms with Crippen LogP contribution in [0.25, 0.3) is 67.2 Å². The quantitative estimate of drug-likeness (QED) is 0.114. The van der Waals surface area contributed by atoms with Gasteiger partial charge in [0.15, 0.2) is 0 Å². The fraction of sp³-hybridized carbons (Fsp3) is 0.239. The van der Waals surface area contributed by atoms with Crippen molar-refractivity contribution in [1.82, 2.24) is 15.0 Å². The molecule has 15 rings (SSSR count). The number of hydrogen-bond donors (Lipinski definition) is 0. The Bertz CT molecular complexity index is 3910. The summed E-state index contributed by atoms with van der Waals surface area (Å²) in [7, 11) is 0. The second-order valence-corrected chi connectivity index (χ2v) is 23.5. The molecule has 8 atom stereocenters. The van der Waals surface area contributed by atoms with Gasteiger partial charge in [-0.05, 0) is 116 Å². The molecule has 374 valence electrons. The topological polar surface area (TPSA) is 75.8 Å². The number of rotatable bonds is 12. The van der Waals surface area contributed by atoms with E-state index in [1.165, 1.54) is 33.4 Å². The van der Waals surface area contributed by atoms with Gasteiger partial charge in [-0.3, -0.25) is 29.9 Å². The van der Waals surface area contributed by atoms with Crippen LogP contribution in [-0.4, -0.2) is 48.7 Å². The average molecular weight is 997 g/mol. The van der Waals surface area contributed by atoms with Crippen molar-refractivity contribution in [3.63, 3.8) is 0 Å². The van der Waals surface area contributed by atoms with E-state index < -0.39 is 0 Å². The molecular formula is C71H60N6. The molecule has 3 aromatic heterocycles. The van der Waals surface area contributed by atoms with E-state index in [0.717, 1.165) is 99.7 Å². The van der Waals surface area contributed by atoms with E-state index in [2.05, 4.69) is 246 Å². The summed E-state index contributed by atoms with van der Waals surface area (Å²) in [6, 6.07) is 70.8. The zero-order valence-electron chi connectivity index (χ0n) is 44.2. The van der Waals surface area contributed by atoms with Crippen molar-refractivity contribution in [1.29, 1.82) is 0 Å². The molecule has 9 aromatic rings. The average Bonchev–Trinajstić information content (AvgIpc) is 1.70. The van der Waals surface area contributed by atoms with Gasteiger partial charge in [0.1, 0.15) is 0 Å². The molecule has 0 saturated heterocycles. The van der Waals surface area contributed by atoms with Crippen LogP contribution in [0.15, 0.2) is 234 Å². The molecule has 0 amide bonds. The summed E-state index contributed by atoms with van der Waals surface area (Å²) in [5.74, 6) is 0.871. The van der Waals surface area contributed by atoms with Crippen molar-refractivity contribution in [2.45, 2.75) is 76.4 Å². The Labute approximate surface area is 451 Å². The van der Waals surface area contributed by atoms with E-state index in [1.54, 1.807) is 0 Å². The maximum absolute atomic E-state index is 6.18. The highest BCUT2D eigenvalue weighted by Crippen LogP contribution is 3.05. The van der Waals surface area contributed by atoms with Crippen LogP contribution in [0.1, 0.15) is 76.5 Å². The highest BCUT2D eigenvalue weighted by Gasteiger charge is 3.06. The second-order valence-electron chi connectivity index (χ2n) is 23.5. The van der Waals surface area contributed by atoms with Crippen LogP contribution >= 0.6 is 0 Å². The van der Waals surface area contributed by atoms with E-state index in [1.807, 2.05) is 0 Å².